The fraction of sp³-hybridized carbons (Fsp3) is 0.125. The molecule has 1 amide bonds. The molecule has 2 rings (SSSR count). The first kappa shape index (κ1) is 15.1. The van der Waals surface area contributed by atoms with E-state index in [0.29, 0.717) is 16.1 Å². The first-order valence-electron chi connectivity index (χ1n) is 6.34. The molecule has 4 nitrogen and oxygen atoms in total. The van der Waals surface area contributed by atoms with Gasteiger partial charge in [-0.3, -0.25) is 4.79 Å². The summed E-state index contributed by atoms with van der Waals surface area (Å²) >= 11 is 5.91. The van der Waals surface area contributed by atoms with Gasteiger partial charge in [0.2, 0.25) is 0 Å². The number of halogens is 1. The number of carboxylic acids is 1. The second-order valence-electron chi connectivity index (χ2n) is 4.62. The van der Waals surface area contributed by atoms with E-state index in [4.69, 9.17) is 11.6 Å². The van der Waals surface area contributed by atoms with Crippen molar-refractivity contribution < 1.29 is 14.7 Å². The smallest absolute Gasteiger partial charge is 0.330 e. The van der Waals surface area contributed by atoms with Gasteiger partial charge in [-0.2, -0.15) is 0 Å². The number of hydrogen-bond donors (Lipinski definition) is 2. The molecule has 1 atom stereocenters. The zero-order valence-electron chi connectivity index (χ0n) is 11.3. The molecule has 21 heavy (non-hydrogen) atoms. The van der Waals surface area contributed by atoms with E-state index >= 15 is 0 Å². The molecule has 108 valence electrons. The Hall–Kier alpha value is -2.33. The van der Waals surface area contributed by atoms with E-state index in [-0.39, 0.29) is 0 Å². The van der Waals surface area contributed by atoms with Crippen LogP contribution in [-0.2, 0) is 4.79 Å². The molecule has 2 N–H and O–H groups in total. The molecule has 0 aliphatic heterocycles. The molecule has 0 aliphatic carbocycles. The van der Waals surface area contributed by atoms with Crippen LogP contribution in [0.15, 0.2) is 48.5 Å². The number of carboxylic acid groups (broad SMARTS) is 1. The molecule has 0 aliphatic rings. The molecular formula is C16H14ClNO3. The number of nitrogens with one attached hydrogen (secondary N) is 1. The highest BCUT2D eigenvalue weighted by Gasteiger charge is 2.22. The predicted octanol–water partition coefficient (Wildman–Crippen LogP) is 3.20. The molecule has 0 saturated heterocycles. The lowest BCUT2D eigenvalue weighted by atomic mass is 10.1. The fourth-order valence-corrected chi connectivity index (χ4v) is 2.05. The maximum absolute atomic E-state index is 12.2. The topological polar surface area (TPSA) is 66.4 Å². The van der Waals surface area contributed by atoms with Gasteiger partial charge in [-0.15, -0.1) is 0 Å². The highest BCUT2D eigenvalue weighted by Crippen LogP contribution is 2.18. The SMILES string of the molecule is Cc1cc(C(=O)N[C@@H](C(=O)O)c2ccccc2)ccc1Cl. The molecule has 0 radical (unpaired) electrons. The van der Waals surface area contributed by atoms with Crippen LogP contribution >= 0.6 is 11.6 Å². The van der Waals surface area contributed by atoms with Crippen molar-refractivity contribution in [2.45, 2.75) is 13.0 Å². The van der Waals surface area contributed by atoms with Crippen LogP contribution in [-0.4, -0.2) is 17.0 Å². The van der Waals surface area contributed by atoms with Crippen molar-refractivity contribution in [3.05, 3.63) is 70.2 Å². The molecule has 0 bridgehead atoms. The quantitative estimate of drug-likeness (QED) is 0.911. The van der Waals surface area contributed by atoms with E-state index in [1.165, 1.54) is 0 Å². The molecule has 0 heterocycles. The average Bonchev–Trinajstić information content (AvgIpc) is 2.48. The summed E-state index contributed by atoms with van der Waals surface area (Å²) in [5.74, 6) is -1.56. The van der Waals surface area contributed by atoms with Crippen molar-refractivity contribution in [2.24, 2.45) is 0 Å². The summed E-state index contributed by atoms with van der Waals surface area (Å²) < 4.78 is 0. The lowest BCUT2D eigenvalue weighted by Gasteiger charge is -2.15. The maximum Gasteiger partial charge on any atom is 0.330 e. The number of hydrogen-bond acceptors (Lipinski definition) is 2. The Labute approximate surface area is 127 Å². The monoisotopic (exact) mass is 303 g/mol. The largest absolute Gasteiger partial charge is 0.479 e. The standard InChI is InChI=1S/C16H14ClNO3/c1-10-9-12(7-8-13(10)17)15(19)18-14(16(20)21)11-5-3-2-4-6-11/h2-9,14H,1H3,(H,18,19)(H,20,21)/t14-/m1/s1. The summed E-state index contributed by atoms with van der Waals surface area (Å²) in [6.45, 7) is 1.78. The Morgan fingerprint density at radius 2 is 1.81 bits per heavy atom. The highest BCUT2D eigenvalue weighted by molar-refractivity contribution is 6.31. The summed E-state index contributed by atoms with van der Waals surface area (Å²) in [4.78, 5) is 23.5. The minimum atomic E-state index is -1.11. The Balaban J connectivity index is 2.23. The van der Waals surface area contributed by atoms with Gasteiger partial charge < -0.3 is 10.4 Å². The van der Waals surface area contributed by atoms with Gasteiger partial charge in [0.15, 0.2) is 6.04 Å². The van der Waals surface area contributed by atoms with Crippen LogP contribution in [0.3, 0.4) is 0 Å². The van der Waals surface area contributed by atoms with Gasteiger partial charge in [-0.1, -0.05) is 41.9 Å². The van der Waals surface area contributed by atoms with Crippen molar-refractivity contribution in [3.63, 3.8) is 0 Å². The third-order valence-corrected chi connectivity index (χ3v) is 3.50. The highest BCUT2D eigenvalue weighted by atomic mass is 35.5. The normalized spacial score (nSPS) is 11.7. The van der Waals surface area contributed by atoms with E-state index in [9.17, 15) is 14.7 Å². The number of benzene rings is 2. The lowest BCUT2D eigenvalue weighted by molar-refractivity contribution is -0.139. The molecule has 5 heteroatoms. The molecule has 2 aromatic rings. The summed E-state index contributed by atoms with van der Waals surface area (Å²) in [7, 11) is 0. The second-order valence-corrected chi connectivity index (χ2v) is 5.03. The number of aryl methyl sites for hydroxylation is 1. The van der Waals surface area contributed by atoms with Crippen molar-refractivity contribution in [1.82, 2.24) is 5.32 Å². The first-order valence-corrected chi connectivity index (χ1v) is 6.71. The first-order chi connectivity index (χ1) is 9.99. The average molecular weight is 304 g/mol. The van der Waals surface area contributed by atoms with E-state index in [0.717, 1.165) is 5.56 Å². The minimum absolute atomic E-state index is 0.374. The third-order valence-electron chi connectivity index (χ3n) is 3.08. The van der Waals surface area contributed by atoms with Crippen LogP contribution in [0, 0.1) is 6.92 Å². The Morgan fingerprint density at radius 3 is 2.38 bits per heavy atom. The van der Waals surface area contributed by atoms with Gasteiger partial charge >= 0.3 is 5.97 Å². The fourth-order valence-electron chi connectivity index (χ4n) is 1.93. The Kier molecular flexibility index (Phi) is 4.60. The van der Waals surface area contributed by atoms with Crippen LogP contribution in [0.25, 0.3) is 0 Å². The van der Waals surface area contributed by atoms with E-state index in [1.807, 2.05) is 0 Å². The van der Waals surface area contributed by atoms with Crippen LogP contribution < -0.4 is 5.32 Å². The summed E-state index contributed by atoms with van der Waals surface area (Å²) in [5, 5.41) is 12.4. The Bertz CT molecular complexity index is 670. The van der Waals surface area contributed by atoms with Gasteiger partial charge in [0.05, 0.1) is 0 Å². The van der Waals surface area contributed by atoms with Crippen molar-refractivity contribution in [3.8, 4) is 0 Å². The number of aliphatic carboxylic acids is 1. The molecule has 0 saturated carbocycles. The van der Waals surface area contributed by atoms with Crippen molar-refractivity contribution in [2.75, 3.05) is 0 Å². The van der Waals surface area contributed by atoms with E-state index in [2.05, 4.69) is 5.32 Å². The van der Waals surface area contributed by atoms with E-state index in [1.54, 1.807) is 55.5 Å². The minimum Gasteiger partial charge on any atom is -0.479 e. The predicted molar refractivity (Wildman–Crippen MR) is 80.5 cm³/mol. The molecule has 0 unspecified atom stereocenters. The summed E-state index contributed by atoms with van der Waals surface area (Å²) in [6.07, 6.45) is 0. The number of carbonyl (C=O) groups is 2. The van der Waals surface area contributed by atoms with Gasteiger partial charge in [-0.25, -0.2) is 4.79 Å². The van der Waals surface area contributed by atoms with Gasteiger partial charge in [0, 0.05) is 10.6 Å². The second kappa shape index (κ2) is 6.41. The maximum atomic E-state index is 12.2. The molecule has 0 fully saturated rings. The lowest BCUT2D eigenvalue weighted by Crippen LogP contribution is -2.33. The van der Waals surface area contributed by atoms with Crippen LogP contribution in [0.4, 0.5) is 0 Å². The van der Waals surface area contributed by atoms with Gasteiger partial charge in [-0.05, 0) is 36.2 Å². The van der Waals surface area contributed by atoms with Gasteiger partial charge in [0.25, 0.3) is 5.91 Å². The zero-order valence-corrected chi connectivity index (χ0v) is 12.1. The van der Waals surface area contributed by atoms with Crippen LogP contribution in [0.2, 0.25) is 5.02 Å². The van der Waals surface area contributed by atoms with Crippen LogP contribution in [0.5, 0.6) is 0 Å². The number of rotatable bonds is 4. The van der Waals surface area contributed by atoms with Gasteiger partial charge in [0.1, 0.15) is 0 Å². The molecule has 0 aromatic heterocycles. The third kappa shape index (κ3) is 3.61. The zero-order chi connectivity index (χ0) is 15.4. The van der Waals surface area contributed by atoms with Crippen molar-refractivity contribution in [1.29, 1.82) is 0 Å². The summed E-state index contributed by atoms with van der Waals surface area (Å²) in [6, 6.07) is 12.3. The number of carbonyl (C=O) groups excluding carboxylic acids is 1. The molecule has 2 aromatic carbocycles. The molecular weight excluding hydrogens is 290 g/mol. The van der Waals surface area contributed by atoms with Crippen LogP contribution in [0.1, 0.15) is 27.5 Å². The molecule has 0 spiro atoms. The van der Waals surface area contributed by atoms with Crippen molar-refractivity contribution >= 4 is 23.5 Å². The summed E-state index contributed by atoms with van der Waals surface area (Å²) in [5.41, 5.74) is 1.65. The Morgan fingerprint density at radius 1 is 1.14 bits per heavy atom. The number of amides is 1. The van der Waals surface area contributed by atoms with E-state index < -0.39 is 17.9 Å².